The van der Waals surface area contributed by atoms with E-state index < -0.39 is 0 Å². The number of hydrogen-bond acceptors (Lipinski definition) is 4. The van der Waals surface area contributed by atoms with Crippen LogP contribution in [0.3, 0.4) is 0 Å². The zero-order valence-corrected chi connectivity index (χ0v) is 12.4. The SMILES string of the molecule is CCNCc1snnc1-c1ccc(Br)cc1Cl. The standard InChI is InChI=1S/C11H11BrClN3S/c1-2-14-6-10-11(15-16-17-10)8-4-3-7(12)5-9(8)13/h3-5,14H,2,6H2,1H3. The molecule has 90 valence electrons. The maximum absolute atomic E-state index is 6.21. The predicted molar refractivity (Wildman–Crippen MR) is 75.4 cm³/mol. The van der Waals surface area contributed by atoms with Crippen molar-refractivity contribution in [3.8, 4) is 11.3 Å². The van der Waals surface area contributed by atoms with Crippen molar-refractivity contribution in [2.75, 3.05) is 6.54 Å². The van der Waals surface area contributed by atoms with Crippen LogP contribution in [0.2, 0.25) is 5.02 Å². The number of hydrogen-bond donors (Lipinski definition) is 1. The highest BCUT2D eigenvalue weighted by Crippen LogP contribution is 2.32. The first-order chi connectivity index (χ1) is 8.22. The Balaban J connectivity index is 2.35. The fraction of sp³-hybridized carbons (Fsp3) is 0.273. The second-order valence-electron chi connectivity index (χ2n) is 3.45. The third-order valence-electron chi connectivity index (χ3n) is 2.28. The summed E-state index contributed by atoms with van der Waals surface area (Å²) in [6.45, 7) is 3.77. The van der Waals surface area contributed by atoms with Gasteiger partial charge in [0.1, 0.15) is 5.69 Å². The summed E-state index contributed by atoms with van der Waals surface area (Å²) in [4.78, 5) is 1.11. The molecule has 1 aromatic heterocycles. The van der Waals surface area contributed by atoms with Gasteiger partial charge in [0.2, 0.25) is 0 Å². The summed E-state index contributed by atoms with van der Waals surface area (Å²) >= 11 is 11.0. The van der Waals surface area contributed by atoms with Gasteiger partial charge in [-0.3, -0.25) is 0 Å². The molecule has 1 aromatic carbocycles. The maximum atomic E-state index is 6.21. The zero-order chi connectivity index (χ0) is 12.3. The maximum Gasteiger partial charge on any atom is 0.111 e. The number of rotatable bonds is 4. The van der Waals surface area contributed by atoms with E-state index in [0.29, 0.717) is 5.02 Å². The van der Waals surface area contributed by atoms with E-state index in [1.807, 2.05) is 18.2 Å². The number of nitrogens with one attached hydrogen (secondary N) is 1. The molecule has 0 saturated heterocycles. The van der Waals surface area contributed by atoms with Gasteiger partial charge in [0, 0.05) is 16.6 Å². The average Bonchev–Trinajstić information content (AvgIpc) is 2.74. The number of benzene rings is 1. The molecule has 0 aliphatic heterocycles. The average molecular weight is 333 g/mol. The molecule has 0 aliphatic rings. The molecule has 0 atom stereocenters. The Morgan fingerprint density at radius 3 is 3.00 bits per heavy atom. The number of halogens is 2. The lowest BCUT2D eigenvalue weighted by molar-refractivity contribution is 0.735. The molecule has 6 heteroatoms. The molecule has 1 N–H and O–H groups in total. The molecule has 0 fully saturated rings. The molecule has 1 heterocycles. The van der Waals surface area contributed by atoms with E-state index in [1.165, 1.54) is 11.5 Å². The molecule has 2 aromatic rings. The molecule has 0 bridgehead atoms. The van der Waals surface area contributed by atoms with Gasteiger partial charge in [0.25, 0.3) is 0 Å². The molecule has 2 rings (SSSR count). The summed E-state index contributed by atoms with van der Waals surface area (Å²) in [5, 5.41) is 8.11. The Bertz CT molecular complexity index is 515. The highest BCUT2D eigenvalue weighted by molar-refractivity contribution is 9.10. The smallest absolute Gasteiger partial charge is 0.111 e. The minimum Gasteiger partial charge on any atom is -0.312 e. The van der Waals surface area contributed by atoms with Crippen LogP contribution in [0, 0.1) is 0 Å². The summed E-state index contributed by atoms with van der Waals surface area (Å²) in [5.74, 6) is 0. The Hall–Kier alpha value is -0.490. The van der Waals surface area contributed by atoms with Crippen LogP contribution < -0.4 is 5.32 Å². The molecule has 0 saturated carbocycles. The molecular weight excluding hydrogens is 322 g/mol. The molecule has 0 aliphatic carbocycles. The topological polar surface area (TPSA) is 37.8 Å². The van der Waals surface area contributed by atoms with Crippen LogP contribution in [0.5, 0.6) is 0 Å². The van der Waals surface area contributed by atoms with Crippen LogP contribution in [0.15, 0.2) is 22.7 Å². The van der Waals surface area contributed by atoms with Gasteiger partial charge < -0.3 is 5.32 Å². The van der Waals surface area contributed by atoms with Crippen molar-refractivity contribution in [3.05, 3.63) is 32.6 Å². The first-order valence-electron chi connectivity index (χ1n) is 5.19. The molecule has 0 radical (unpaired) electrons. The predicted octanol–water partition coefficient (Wildman–Crippen LogP) is 3.73. The Morgan fingerprint density at radius 1 is 1.47 bits per heavy atom. The van der Waals surface area contributed by atoms with Gasteiger partial charge in [-0.1, -0.05) is 45.0 Å². The summed E-state index contributed by atoms with van der Waals surface area (Å²) < 4.78 is 4.96. The monoisotopic (exact) mass is 331 g/mol. The van der Waals surface area contributed by atoms with Gasteiger partial charge in [0.05, 0.1) is 9.90 Å². The molecule has 0 unspecified atom stereocenters. The Labute approximate surface area is 117 Å². The molecule has 0 spiro atoms. The van der Waals surface area contributed by atoms with E-state index >= 15 is 0 Å². The summed E-state index contributed by atoms with van der Waals surface area (Å²) in [6.07, 6.45) is 0. The highest BCUT2D eigenvalue weighted by Gasteiger charge is 2.13. The van der Waals surface area contributed by atoms with Gasteiger partial charge in [-0.2, -0.15) is 0 Å². The molecule has 0 amide bonds. The molecule has 17 heavy (non-hydrogen) atoms. The molecule has 3 nitrogen and oxygen atoms in total. The van der Waals surface area contributed by atoms with Gasteiger partial charge in [-0.05, 0) is 30.2 Å². The summed E-state index contributed by atoms with van der Waals surface area (Å²) in [5.41, 5.74) is 1.80. The van der Waals surface area contributed by atoms with Crippen LogP contribution in [0.1, 0.15) is 11.8 Å². The van der Waals surface area contributed by atoms with Crippen molar-refractivity contribution < 1.29 is 0 Å². The first-order valence-corrected chi connectivity index (χ1v) is 7.14. The van der Waals surface area contributed by atoms with Crippen LogP contribution in [0.4, 0.5) is 0 Å². The van der Waals surface area contributed by atoms with Crippen LogP contribution in [0.25, 0.3) is 11.3 Å². The lowest BCUT2D eigenvalue weighted by Gasteiger charge is -2.04. The first kappa shape index (κ1) is 13.0. The summed E-state index contributed by atoms with van der Waals surface area (Å²) in [7, 11) is 0. The third-order valence-corrected chi connectivity index (χ3v) is 3.81. The van der Waals surface area contributed by atoms with Crippen molar-refractivity contribution in [1.29, 1.82) is 0 Å². The van der Waals surface area contributed by atoms with Crippen molar-refractivity contribution in [1.82, 2.24) is 14.9 Å². The van der Waals surface area contributed by atoms with E-state index in [4.69, 9.17) is 11.6 Å². The van der Waals surface area contributed by atoms with Crippen LogP contribution in [-0.2, 0) is 6.54 Å². The van der Waals surface area contributed by atoms with Gasteiger partial charge in [-0.15, -0.1) is 5.10 Å². The normalized spacial score (nSPS) is 10.8. The number of nitrogens with zero attached hydrogens (tertiary/aromatic N) is 2. The highest BCUT2D eigenvalue weighted by atomic mass is 79.9. The lowest BCUT2D eigenvalue weighted by Crippen LogP contribution is -2.11. The lowest BCUT2D eigenvalue weighted by atomic mass is 10.1. The van der Waals surface area contributed by atoms with Gasteiger partial charge in [0.15, 0.2) is 0 Å². The van der Waals surface area contributed by atoms with Gasteiger partial charge in [-0.25, -0.2) is 0 Å². The minimum atomic E-state index is 0.685. The second kappa shape index (κ2) is 5.91. The minimum absolute atomic E-state index is 0.685. The fourth-order valence-electron chi connectivity index (χ4n) is 1.45. The molecular formula is C11H11BrClN3S. The fourth-order valence-corrected chi connectivity index (χ4v) is 2.84. The van der Waals surface area contributed by atoms with E-state index in [9.17, 15) is 0 Å². The zero-order valence-electron chi connectivity index (χ0n) is 9.20. The van der Waals surface area contributed by atoms with Gasteiger partial charge >= 0.3 is 0 Å². The van der Waals surface area contributed by atoms with Crippen molar-refractivity contribution in [3.63, 3.8) is 0 Å². The number of aromatic nitrogens is 2. The largest absolute Gasteiger partial charge is 0.312 e. The van der Waals surface area contributed by atoms with E-state index in [2.05, 4.69) is 37.8 Å². The van der Waals surface area contributed by atoms with Crippen LogP contribution in [-0.4, -0.2) is 16.1 Å². The van der Waals surface area contributed by atoms with Crippen molar-refractivity contribution in [2.24, 2.45) is 0 Å². The van der Waals surface area contributed by atoms with E-state index in [1.54, 1.807) is 0 Å². The second-order valence-corrected chi connectivity index (χ2v) is 5.61. The van der Waals surface area contributed by atoms with Crippen molar-refractivity contribution >= 4 is 39.1 Å². The van der Waals surface area contributed by atoms with E-state index in [0.717, 1.165) is 33.7 Å². The Morgan fingerprint density at radius 2 is 2.29 bits per heavy atom. The van der Waals surface area contributed by atoms with E-state index in [-0.39, 0.29) is 0 Å². The summed E-state index contributed by atoms with van der Waals surface area (Å²) in [6, 6.07) is 5.78. The van der Waals surface area contributed by atoms with Crippen LogP contribution >= 0.6 is 39.1 Å². The Kier molecular flexibility index (Phi) is 4.50. The quantitative estimate of drug-likeness (QED) is 0.927. The van der Waals surface area contributed by atoms with Crippen molar-refractivity contribution in [2.45, 2.75) is 13.5 Å². The third kappa shape index (κ3) is 3.04.